The van der Waals surface area contributed by atoms with E-state index in [1.807, 2.05) is 6.07 Å². The number of fused-ring (bicyclic) bond motifs is 1. The molecule has 0 radical (unpaired) electrons. The van der Waals surface area contributed by atoms with Crippen LogP contribution >= 0.6 is 0 Å². The molecule has 4 heteroatoms. The van der Waals surface area contributed by atoms with Gasteiger partial charge in [-0.1, -0.05) is 6.07 Å². The highest BCUT2D eigenvalue weighted by molar-refractivity contribution is 5.45. The summed E-state index contributed by atoms with van der Waals surface area (Å²) in [6.45, 7) is 6.85. The highest BCUT2D eigenvalue weighted by Gasteiger charge is 2.31. The van der Waals surface area contributed by atoms with E-state index in [0.29, 0.717) is 0 Å². The van der Waals surface area contributed by atoms with Crippen molar-refractivity contribution in [1.29, 1.82) is 0 Å². The standard InChI is InChI=1S/C15H22N2O2/c1-15(11-17(2)7-6-16-15)12-4-5-13-14(10-12)19-9-3-8-18-13/h4-5,10,16H,3,6-9,11H2,1-2H3. The number of hydrogen-bond donors (Lipinski definition) is 1. The van der Waals surface area contributed by atoms with Crippen molar-refractivity contribution < 1.29 is 9.47 Å². The molecule has 1 N–H and O–H groups in total. The van der Waals surface area contributed by atoms with Gasteiger partial charge in [-0.3, -0.25) is 0 Å². The molecule has 1 aromatic carbocycles. The molecule has 1 atom stereocenters. The second-order valence-corrected chi connectivity index (χ2v) is 5.71. The van der Waals surface area contributed by atoms with Gasteiger partial charge in [-0.15, -0.1) is 0 Å². The Labute approximate surface area is 114 Å². The number of hydrogen-bond acceptors (Lipinski definition) is 4. The summed E-state index contributed by atoms with van der Waals surface area (Å²) in [5, 5.41) is 3.63. The van der Waals surface area contributed by atoms with Crippen molar-refractivity contribution in [1.82, 2.24) is 10.2 Å². The molecule has 2 heterocycles. The Morgan fingerprint density at radius 2 is 2.00 bits per heavy atom. The van der Waals surface area contributed by atoms with E-state index in [-0.39, 0.29) is 5.54 Å². The molecule has 104 valence electrons. The Balaban J connectivity index is 1.90. The molecule has 3 rings (SSSR count). The molecular weight excluding hydrogens is 240 g/mol. The predicted molar refractivity (Wildman–Crippen MR) is 74.9 cm³/mol. The minimum Gasteiger partial charge on any atom is -0.490 e. The fraction of sp³-hybridized carbons (Fsp3) is 0.600. The average molecular weight is 262 g/mol. The van der Waals surface area contributed by atoms with Gasteiger partial charge in [-0.2, -0.15) is 0 Å². The van der Waals surface area contributed by atoms with Gasteiger partial charge in [-0.05, 0) is 31.7 Å². The van der Waals surface area contributed by atoms with Crippen molar-refractivity contribution in [2.75, 3.05) is 39.9 Å². The number of nitrogens with one attached hydrogen (secondary N) is 1. The summed E-state index contributed by atoms with van der Waals surface area (Å²) in [7, 11) is 2.17. The lowest BCUT2D eigenvalue weighted by Crippen LogP contribution is -2.55. The van der Waals surface area contributed by atoms with E-state index in [0.717, 1.165) is 50.8 Å². The van der Waals surface area contributed by atoms with Crippen LogP contribution in [0.1, 0.15) is 18.9 Å². The Bertz CT molecular complexity index is 463. The first kappa shape index (κ1) is 12.8. The highest BCUT2D eigenvalue weighted by atomic mass is 16.5. The highest BCUT2D eigenvalue weighted by Crippen LogP contribution is 2.34. The molecule has 0 saturated carbocycles. The number of ether oxygens (including phenoxy) is 2. The number of nitrogens with zero attached hydrogens (tertiary/aromatic N) is 1. The van der Waals surface area contributed by atoms with E-state index in [2.05, 4.69) is 36.3 Å². The van der Waals surface area contributed by atoms with E-state index in [4.69, 9.17) is 9.47 Å². The van der Waals surface area contributed by atoms with Crippen molar-refractivity contribution in [3.05, 3.63) is 23.8 Å². The summed E-state index contributed by atoms with van der Waals surface area (Å²) in [5.41, 5.74) is 1.25. The van der Waals surface area contributed by atoms with Crippen LogP contribution in [-0.2, 0) is 5.54 Å². The van der Waals surface area contributed by atoms with Gasteiger partial charge in [0.15, 0.2) is 11.5 Å². The molecule has 2 aliphatic rings. The summed E-state index contributed by atoms with van der Waals surface area (Å²) in [4.78, 5) is 2.36. The van der Waals surface area contributed by atoms with E-state index in [1.54, 1.807) is 0 Å². The second-order valence-electron chi connectivity index (χ2n) is 5.71. The molecule has 1 saturated heterocycles. The zero-order chi connectivity index (χ0) is 13.3. The van der Waals surface area contributed by atoms with Gasteiger partial charge < -0.3 is 19.7 Å². The number of likely N-dealkylation sites (N-methyl/N-ethyl adjacent to an activating group) is 1. The lowest BCUT2D eigenvalue weighted by molar-refractivity contribution is 0.171. The van der Waals surface area contributed by atoms with Crippen LogP contribution in [0.4, 0.5) is 0 Å². The van der Waals surface area contributed by atoms with Gasteiger partial charge >= 0.3 is 0 Å². The Hall–Kier alpha value is -1.26. The zero-order valence-electron chi connectivity index (χ0n) is 11.7. The molecule has 0 aromatic heterocycles. The third kappa shape index (κ3) is 2.55. The van der Waals surface area contributed by atoms with Gasteiger partial charge in [0, 0.05) is 26.1 Å². The van der Waals surface area contributed by atoms with Gasteiger partial charge in [-0.25, -0.2) is 0 Å². The molecule has 1 aromatic rings. The number of piperazine rings is 1. The predicted octanol–water partition coefficient (Wildman–Crippen LogP) is 1.60. The number of benzene rings is 1. The minimum absolute atomic E-state index is 0.0162. The van der Waals surface area contributed by atoms with Crippen molar-refractivity contribution in [3.63, 3.8) is 0 Å². The molecule has 0 aliphatic carbocycles. The zero-order valence-corrected chi connectivity index (χ0v) is 11.7. The van der Waals surface area contributed by atoms with Crippen molar-refractivity contribution in [2.45, 2.75) is 18.9 Å². The van der Waals surface area contributed by atoms with Crippen LogP contribution in [0.3, 0.4) is 0 Å². The van der Waals surface area contributed by atoms with E-state index < -0.39 is 0 Å². The molecule has 0 spiro atoms. The first-order valence-electron chi connectivity index (χ1n) is 7.01. The van der Waals surface area contributed by atoms with Gasteiger partial charge in [0.2, 0.25) is 0 Å². The quantitative estimate of drug-likeness (QED) is 0.833. The lowest BCUT2D eigenvalue weighted by atomic mass is 9.89. The first-order valence-corrected chi connectivity index (χ1v) is 7.01. The summed E-state index contributed by atoms with van der Waals surface area (Å²) in [5.74, 6) is 1.75. The van der Waals surface area contributed by atoms with Gasteiger partial charge in [0.1, 0.15) is 0 Å². The molecule has 19 heavy (non-hydrogen) atoms. The SMILES string of the molecule is CN1CCNC(C)(c2ccc3c(c2)OCCCO3)C1. The van der Waals surface area contributed by atoms with Crippen molar-refractivity contribution in [2.24, 2.45) is 0 Å². The molecule has 1 unspecified atom stereocenters. The third-order valence-electron chi connectivity index (χ3n) is 3.98. The maximum absolute atomic E-state index is 5.79. The smallest absolute Gasteiger partial charge is 0.161 e. The molecule has 2 aliphatic heterocycles. The molecule has 0 bridgehead atoms. The molecular formula is C15H22N2O2. The Morgan fingerprint density at radius 3 is 2.79 bits per heavy atom. The fourth-order valence-electron chi connectivity index (χ4n) is 2.90. The van der Waals surface area contributed by atoms with Crippen LogP contribution in [-0.4, -0.2) is 44.8 Å². The average Bonchev–Trinajstić information content (AvgIpc) is 2.62. The van der Waals surface area contributed by atoms with Crippen LogP contribution < -0.4 is 14.8 Å². The Kier molecular flexibility index (Phi) is 3.37. The van der Waals surface area contributed by atoms with Crippen LogP contribution in [0.2, 0.25) is 0 Å². The summed E-state index contributed by atoms with van der Waals surface area (Å²) >= 11 is 0. The van der Waals surface area contributed by atoms with Crippen LogP contribution in [0, 0.1) is 0 Å². The summed E-state index contributed by atoms with van der Waals surface area (Å²) in [6, 6.07) is 6.32. The fourth-order valence-corrected chi connectivity index (χ4v) is 2.90. The maximum Gasteiger partial charge on any atom is 0.161 e. The van der Waals surface area contributed by atoms with Crippen LogP contribution in [0.15, 0.2) is 18.2 Å². The van der Waals surface area contributed by atoms with Gasteiger partial charge in [0.25, 0.3) is 0 Å². The molecule has 4 nitrogen and oxygen atoms in total. The minimum atomic E-state index is -0.0162. The largest absolute Gasteiger partial charge is 0.490 e. The normalized spacial score (nSPS) is 27.9. The first-order chi connectivity index (χ1) is 9.17. The number of rotatable bonds is 1. The lowest BCUT2D eigenvalue weighted by Gasteiger charge is -2.40. The summed E-state index contributed by atoms with van der Waals surface area (Å²) in [6.07, 6.45) is 0.947. The van der Waals surface area contributed by atoms with Crippen molar-refractivity contribution >= 4 is 0 Å². The van der Waals surface area contributed by atoms with Crippen LogP contribution in [0.25, 0.3) is 0 Å². The maximum atomic E-state index is 5.79. The van der Waals surface area contributed by atoms with Gasteiger partial charge in [0.05, 0.1) is 18.8 Å². The van der Waals surface area contributed by atoms with E-state index in [1.165, 1.54) is 5.56 Å². The molecule has 0 amide bonds. The van der Waals surface area contributed by atoms with E-state index >= 15 is 0 Å². The molecule has 1 fully saturated rings. The van der Waals surface area contributed by atoms with E-state index in [9.17, 15) is 0 Å². The third-order valence-corrected chi connectivity index (χ3v) is 3.98. The Morgan fingerprint density at radius 1 is 1.21 bits per heavy atom. The van der Waals surface area contributed by atoms with Crippen molar-refractivity contribution in [3.8, 4) is 11.5 Å². The monoisotopic (exact) mass is 262 g/mol. The second kappa shape index (κ2) is 5.02. The van der Waals surface area contributed by atoms with Crippen LogP contribution in [0.5, 0.6) is 11.5 Å². The topological polar surface area (TPSA) is 33.7 Å². The summed E-state index contributed by atoms with van der Waals surface area (Å²) < 4.78 is 11.5.